The van der Waals surface area contributed by atoms with Crippen LogP contribution >= 0.6 is 0 Å². The first-order chi connectivity index (χ1) is 8.11. The standard InChI is InChI=1S/C15H30N2/c1-11-8-12(2)14(15(9-11)16-3)10-17(4)13-6-5-7-13/h11-16H,5-10H2,1-4H3. The molecule has 0 aromatic carbocycles. The van der Waals surface area contributed by atoms with Crippen LogP contribution in [-0.2, 0) is 0 Å². The second-order valence-corrected chi connectivity index (χ2v) is 6.64. The van der Waals surface area contributed by atoms with Gasteiger partial charge in [-0.1, -0.05) is 20.3 Å². The van der Waals surface area contributed by atoms with Crippen molar-refractivity contribution in [2.75, 3.05) is 20.6 Å². The first-order valence-corrected chi connectivity index (χ1v) is 7.49. The maximum atomic E-state index is 3.57. The first-order valence-electron chi connectivity index (χ1n) is 7.49. The molecule has 2 nitrogen and oxygen atoms in total. The summed E-state index contributed by atoms with van der Waals surface area (Å²) >= 11 is 0. The van der Waals surface area contributed by atoms with E-state index in [1.54, 1.807) is 0 Å². The molecular weight excluding hydrogens is 208 g/mol. The molecule has 100 valence electrons. The fourth-order valence-electron chi connectivity index (χ4n) is 3.86. The summed E-state index contributed by atoms with van der Waals surface area (Å²) in [6.07, 6.45) is 7.09. The smallest absolute Gasteiger partial charge is 0.0110 e. The van der Waals surface area contributed by atoms with Crippen molar-refractivity contribution in [3.05, 3.63) is 0 Å². The van der Waals surface area contributed by atoms with Crippen LogP contribution in [0, 0.1) is 17.8 Å². The molecule has 2 fully saturated rings. The first kappa shape index (κ1) is 13.4. The molecule has 0 bridgehead atoms. The molecule has 2 aliphatic carbocycles. The Hall–Kier alpha value is -0.0800. The van der Waals surface area contributed by atoms with Crippen LogP contribution in [0.2, 0.25) is 0 Å². The predicted octanol–water partition coefficient (Wildman–Crippen LogP) is 2.74. The van der Waals surface area contributed by atoms with Gasteiger partial charge in [-0.3, -0.25) is 0 Å². The lowest BCUT2D eigenvalue weighted by molar-refractivity contribution is 0.0745. The van der Waals surface area contributed by atoms with Crippen molar-refractivity contribution in [2.24, 2.45) is 17.8 Å². The maximum absolute atomic E-state index is 3.57. The van der Waals surface area contributed by atoms with Crippen LogP contribution in [-0.4, -0.2) is 37.6 Å². The van der Waals surface area contributed by atoms with Crippen LogP contribution in [0.25, 0.3) is 0 Å². The van der Waals surface area contributed by atoms with E-state index in [9.17, 15) is 0 Å². The van der Waals surface area contributed by atoms with E-state index in [1.165, 1.54) is 38.6 Å². The highest BCUT2D eigenvalue weighted by molar-refractivity contribution is 4.90. The molecule has 0 aliphatic heterocycles. The second-order valence-electron chi connectivity index (χ2n) is 6.64. The fourth-order valence-corrected chi connectivity index (χ4v) is 3.86. The molecule has 2 heteroatoms. The van der Waals surface area contributed by atoms with Crippen molar-refractivity contribution in [1.29, 1.82) is 0 Å². The summed E-state index contributed by atoms with van der Waals surface area (Å²) in [6, 6.07) is 1.62. The molecule has 4 atom stereocenters. The zero-order valence-corrected chi connectivity index (χ0v) is 12.1. The van der Waals surface area contributed by atoms with E-state index in [1.807, 2.05) is 0 Å². The number of rotatable bonds is 4. The topological polar surface area (TPSA) is 15.3 Å². The highest BCUT2D eigenvalue weighted by Crippen LogP contribution is 2.35. The number of nitrogens with zero attached hydrogens (tertiary/aromatic N) is 1. The van der Waals surface area contributed by atoms with Gasteiger partial charge in [-0.2, -0.15) is 0 Å². The monoisotopic (exact) mass is 238 g/mol. The molecule has 2 aliphatic rings. The minimum Gasteiger partial charge on any atom is -0.317 e. The molecule has 4 unspecified atom stereocenters. The van der Waals surface area contributed by atoms with Gasteiger partial charge < -0.3 is 10.2 Å². The fraction of sp³-hybridized carbons (Fsp3) is 1.00. The summed E-state index contributed by atoms with van der Waals surface area (Å²) < 4.78 is 0. The Bertz CT molecular complexity index is 237. The molecule has 0 aromatic heterocycles. The van der Waals surface area contributed by atoms with Gasteiger partial charge in [0.1, 0.15) is 0 Å². The Balaban J connectivity index is 1.91. The third-order valence-corrected chi connectivity index (χ3v) is 5.25. The second kappa shape index (κ2) is 5.71. The van der Waals surface area contributed by atoms with Crippen molar-refractivity contribution < 1.29 is 0 Å². The van der Waals surface area contributed by atoms with Gasteiger partial charge in [-0.05, 0) is 57.5 Å². The Morgan fingerprint density at radius 1 is 1.18 bits per heavy atom. The summed E-state index contributed by atoms with van der Waals surface area (Å²) in [5.41, 5.74) is 0. The number of hydrogen-bond acceptors (Lipinski definition) is 2. The Morgan fingerprint density at radius 3 is 2.41 bits per heavy atom. The van der Waals surface area contributed by atoms with Crippen LogP contribution in [0.1, 0.15) is 46.0 Å². The van der Waals surface area contributed by atoms with Crippen molar-refractivity contribution in [1.82, 2.24) is 10.2 Å². The van der Waals surface area contributed by atoms with E-state index in [0.717, 1.165) is 29.8 Å². The van der Waals surface area contributed by atoms with E-state index in [4.69, 9.17) is 0 Å². The summed E-state index contributed by atoms with van der Waals surface area (Å²) in [6.45, 7) is 6.16. The van der Waals surface area contributed by atoms with Gasteiger partial charge in [0.2, 0.25) is 0 Å². The quantitative estimate of drug-likeness (QED) is 0.810. The molecule has 17 heavy (non-hydrogen) atoms. The molecule has 0 heterocycles. The SMILES string of the molecule is CNC1CC(C)CC(C)C1CN(C)C1CCC1. The third-order valence-electron chi connectivity index (χ3n) is 5.25. The van der Waals surface area contributed by atoms with Gasteiger partial charge in [0, 0.05) is 18.6 Å². The van der Waals surface area contributed by atoms with Gasteiger partial charge in [-0.25, -0.2) is 0 Å². The van der Waals surface area contributed by atoms with Crippen molar-refractivity contribution >= 4 is 0 Å². The average molecular weight is 238 g/mol. The molecule has 0 saturated heterocycles. The highest BCUT2D eigenvalue weighted by atomic mass is 15.1. The lowest BCUT2D eigenvalue weighted by atomic mass is 9.72. The number of nitrogens with one attached hydrogen (secondary N) is 1. The summed E-state index contributed by atoms with van der Waals surface area (Å²) in [5.74, 6) is 2.62. The van der Waals surface area contributed by atoms with Crippen molar-refractivity contribution in [3.8, 4) is 0 Å². The molecular formula is C15H30N2. The maximum Gasteiger partial charge on any atom is 0.0110 e. The Morgan fingerprint density at radius 2 is 1.88 bits per heavy atom. The molecule has 1 N–H and O–H groups in total. The average Bonchev–Trinajstić information content (AvgIpc) is 2.19. The van der Waals surface area contributed by atoms with Crippen molar-refractivity contribution in [3.63, 3.8) is 0 Å². The molecule has 0 spiro atoms. The van der Waals surface area contributed by atoms with Gasteiger partial charge in [-0.15, -0.1) is 0 Å². The zero-order valence-electron chi connectivity index (χ0n) is 12.1. The van der Waals surface area contributed by atoms with Gasteiger partial charge in [0.25, 0.3) is 0 Å². The summed E-state index contributed by atoms with van der Waals surface area (Å²) in [4.78, 5) is 2.63. The van der Waals surface area contributed by atoms with Gasteiger partial charge in [0.05, 0.1) is 0 Å². The van der Waals surface area contributed by atoms with E-state index in [-0.39, 0.29) is 0 Å². The van der Waals surface area contributed by atoms with Gasteiger partial charge >= 0.3 is 0 Å². The third kappa shape index (κ3) is 3.03. The summed E-state index contributed by atoms with van der Waals surface area (Å²) in [7, 11) is 4.48. The van der Waals surface area contributed by atoms with E-state index in [2.05, 4.69) is 38.2 Å². The summed E-state index contributed by atoms with van der Waals surface area (Å²) in [5, 5.41) is 3.57. The largest absolute Gasteiger partial charge is 0.317 e. The highest BCUT2D eigenvalue weighted by Gasteiger charge is 2.35. The minimum atomic E-state index is 0.733. The molecule has 0 aromatic rings. The van der Waals surface area contributed by atoms with Crippen LogP contribution in [0.4, 0.5) is 0 Å². The van der Waals surface area contributed by atoms with Crippen LogP contribution < -0.4 is 5.32 Å². The molecule has 0 radical (unpaired) electrons. The van der Waals surface area contributed by atoms with Crippen LogP contribution in [0.15, 0.2) is 0 Å². The van der Waals surface area contributed by atoms with Crippen molar-refractivity contribution in [2.45, 2.75) is 58.0 Å². The Labute approximate surface area is 107 Å². The predicted molar refractivity (Wildman–Crippen MR) is 74.2 cm³/mol. The number of hydrogen-bond donors (Lipinski definition) is 1. The van der Waals surface area contributed by atoms with Crippen LogP contribution in [0.5, 0.6) is 0 Å². The molecule has 2 saturated carbocycles. The van der Waals surface area contributed by atoms with Crippen LogP contribution in [0.3, 0.4) is 0 Å². The lowest BCUT2D eigenvalue weighted by Crippen LogP contribution is -2.50. The Kier molecular flexibility index (Phi) is 4.48. The molecule has 0 amide bonds. The van der Waals surface area contributed by atoms with E-state index >= 15 is 0 Å². The normalized spacial score (nSPS) is 39.4. The van der Waals surface area contributed by atoms with Gasteiger partial charge in [0.15, 0.2) is 0 Å². The molecule has 2 rings (SSSR count). The van der Waals surface area contributed by atoms with E-state index < -0.39 is 0 Å². The minimum absolute atomic E-state index is 0.733. The lowest BCUT2D eigenvalue weighted by Gasteiger charge is -2.44. The zero-order chi connectivity index (χ0) is 12.4. The van der Waals surface area contributed by atoms with E-state index in [0.29, 0.717) is 0 Å².